The van der Waals surface area contributed by atoms with Crippen LogP contribution in [0.25, 0.3) is 26.9 Å². The molecule has 2 N–H and O–H groups in total. The summed E-state index contributed by atoms with van der Waals surface area (Å²) in [5.74, 6) is -0.301. The van der Waals surface area contributed by atoms with E-state index in [1.54, 1.807) is 18.2 Å². The largest absolute Gasteiger partial charge is 0.416 e. The van der Waals surface area contributed by atoms with Gasteiger partial charge in [0.05, 0.1) is 28.7 Å². The van der Waals surface area contributed by atoms with E-state index >= 15 is 0 Å². The van der Waals surface area contributed by atoms with Crippen molar-refractivity contribution in [2.75, 3.05) is 6.61 Å². The van der Waals surface area contributed by atoms with Crippen LogP contribution in [-0.2, 0) is 6.18 Å². The van der Waals surface area contributed by atoms with Gasteiger partial charge in [-0.15, -0.1) is 11.3 Å². The van der Waals surface area contributed by atoms with Crippen LogP contribution < -0.4 is 5.32 Å². The third kappa shape index (κ3) is 3.90. The van der Waals surface area contributed by atoms with Gasteiger partial charge in [0.2, 0.25) is 0 Å². The normalized spacial score (nSPS) is 13.1. The van der Waals surface area contributed by atoms with E-state index in [-0.39, 0.29) is 18.6 Å². The highest BCUT2D eigenvalue weighted by Gasteiger charge is 2.30. The van der Waals surface area contributed by atoms with Gasteiger partial charge in [0, 0.05) is 16.6 Å². The SMILES string of the molecule is CC[C@@H](CO)NC(=O)c1ccc2c(c1)c1nc(C)sc1n2-c1ccc(C(F)(F)F)cc1. The Balaban J connectivity index is 1.84. The van der Waals surface area contributed by atoms with Crippen LogP contribution in [0.2, 0.25) is 0 Å². The van der Waals surface area contributed by atoms with E-state index < -0.39 is 11.7 Å². The molecule has 1 atom stereocenters. The Morgan fingerprint density at radius 2 is 1.94 bits per heavy atom. The molecule has 0 spiro atoms. The molecule has 9 heteroatoms. The summed E-state index contributed by atoms with van der Waals surface area (Å²) >= 11 is 1.44. The number of aromatic nitrogens is 2. The quantitative estimate of drug-likeness (QED) is 0.449. The minimum absolute atomic E-state index is 0.149. The van der Waals surface area contributed by atoms with Crippen molar-refractivity contribution >= 4 is 38.5 Å². The van der Waals surface area contributed by atoms with Crippen molar-refractivity contribution in [3.8, 4) is 5.69 Å². The number of aryl methyl sites for hydroxylation is 1. The first-order valence-electron chi connectivity index (χ1n) is 9.74. The number of hydrogen-bond donors (Lipinski definition) is 2. The van der Waals surface area contributed by atoms with Crippen LogP contribution >= 0.6 is 11.3 Å². The minimum atomic E-state index is -4.40. The number of nitrogens with zero attached hydrogens (tertiary/aromatic N) is 2. The lowest BCUT2D eigenvalue weighted by molar-refractivity contribution is -0.137. The Hall–Kier alpha value is -2.91. The molecule has 1 amide bonds. The number of amides is 1. The Kier molecular flexibility index (Phi) is 5.49. The number of carbonyl (C=O) groups is 1. The standard InChI is InChI=1S/C22H20F3N3O2S/c1-3-15(11-29)27-20(30)13-4-9-18-17(10-13)19-21(31-12(2)26-19)28(18)16-7-5-14(6-8-16)22(23,24)25/h4-10,15,29H,3,11H2,1-2H3,(H,27,30)/t15-/m0/s1. The summed E-state index contributed by atoms with van der Waals surface area (Å²) < 4.78 is 40.8. The number of benzene rings is 2. The average Bonchev–Trinajstić information content (AvgIpc) is 3.25. The van der Waals surface area contributed by atoms with Gasteiger partial charge in [0.1, 0.15) is 10.3 Å². The molecule has 2 aromatic heterocycles. The van der Waals surface area contributed by atoms with Gasteiger partial charge in [-0.3, -0.25) is 9.36 Å². The van der Waals surface area contributed by atoms with E-state index in [4.69, 9.17) is 0 Å². The summed E-state index contributed by atoms with van der Waals surface area (Å²) in [6.07, 6.45) is -3.80. The zero-order valence-corrected chi connectivity index (χ0v) is 17.6. The summed E-state index contributed by atoms with van der Waals surface area (Å²) in [7, 11) is 0. The molecule has 2 aromatic carbocycles. The maximum absolute atomic E-state index is 13.0. The predicted octanol–water partition coefficient (Wildman–Crippen LogP) is 5.07. The smallest absolute Gasteiger partial charge is 0.394 e. The number of thiazole rings is 1. The predicted molar refractivity (Wildman–Crippen MR) is 115 cm³/mol. The number of aliphatic hydroxyl groups excluding tert-OH is 1. The van der Waals surface area contributed by atoms with E-state index in [2.05, 4.69) is 10.3 Å². The highest BCUT2D eigenvalue weighted by Crippen LogP contribution is 2.36. The molecular formula is C22H20F3N3O2S. The van der Waals surface area contributed by atoms with Gasteiger partial charge in [-0.05, 0) is 55.8 Å². The number of hydrogen-bond acceptors (Lipinski definition) is 4. The molecule has 0 aliphatic rings. The lowest BCUT2D eigenvalue weighted by atomic mass is 10.1. The molecule has 0 saturated carbocycles. The number of carbonyl (C=O) groups excluding carboxylic acids is 1. The van der Waals surface area contributed by atoms with Gasteiger partial charge in [-0.1, -0.05) is 6.92 Å². The zero-order chi connectivity index (χ0) is 22.3. The van der Waals surface area contributed by atoms with Gasteiger partial charge < -0.3 is 10.4 Å². The molecule has 5 nitrogen and oxygen atoms in total. The van der Waals surface area contributed by atoms with E-state index in [0.29, 0.717) is 23.2 Å². The number of aliphatic hydroxyl groups is 1. The Morgan fingerprint density at radius 3 is 2.55 bits per heavy atom. The molecule has 4 rings (SSSR count). The number of fused-ring (bicyclic) bond motifs is 3. The van der Waals surface area contributed by atoms with Crippen LogP contribution in [0, 0.1) is 6.92 Å². The molecule has 0 unspecified atom stereocenters. The highest BCUT2D eigenvalue weighted by atomic mass is 32.1. The topological polar surface area (TPSA) is 67.2 Å². The maximum atomic E-state index is 13.0. The number of nitrogens with one attached hydrogen (secondary N) is 1. The molecule has 0 fully saturated rings. The van der Waals surface area contributed by atoms with Crippen molar-refractivity contribution in [2.45, 2.75) is 32.5 Å². The highest BCUT2D eigenvalue weighted by molar-refractivity contribution is 7.18. The molecule has 0 radical (unpaired) electrons. The third-order valence-electron chi connectivity index (χ3n) is 5.18. The summed E-state index contributed by atoms with van der Waals surface area (Å²) in [5.41, 5.74) is 1.75. The third-order valence-corrected chi connectivity index (χ3v) is 6.13. The number of alkyl halides is 3. The van der Waals surface area contributed by atoms with Gasteiger partial charge in [0.25, 0.3) is 5.91 Å². The molecule has 0 aliphatic carbocycles. The van der Waals surface area contributed by atoms with Crippen LogP contribution in [0.3, 0.4) is 0 Å². The van der Waals surface area contributed by atoms with Crippen molar-refractivity contribution in [1.82, 2.24) is 14.9 Å². The van der Waals surface area contributed by atoms with Gasteiger partial charge >= 0.3 is 6.18 Å². The molecule has 2 heterocycles. The molecular weight excluding hydrogens is 427 g/mol. The first-order chi connectivity index (χ1) is 14.7. The Morgan fingerprint density at radius 1 is 1.23 bits per heavy atom. The van der Waals surface area contributed by atoms with E-state index in [9.17, 15) is 23.1 Å². The number of rotatable bonds is 5. The summed E-state index contributed by atoms with van der Waals surface area (Å²) in [6.45, 7) is 3.58. The van der Waals surface area contributed by atoms with Gasteiger partial charge in [0.15, 0.2) is 0 Å². The second kappa shape index (κ2) is 7.97. The van der Waals surface area contributed by atoms with Crippen LogP contribution in [0.4, 0.5) is 13.2 Å². The van der Waals surface area contributed by atoms with Crippen LogP contribution in [0.1, 0.15) is 34.3 Å². The average molecular weight is 447 g/mol. The van der Waals surface area contributed by atoms with E-state index in [0.717, 1.165) is 32.9 Å². The van der Waals surface area contributed by atoms with Crippen molar-refractivity contribution in [3.05, 3.63) is 58.6 Å². The van der Waals surface area contributed by atoms with Crippen molar-refractivity contribution < 1.29 is 23.1 Å². The molecule has 31 heavy (non-hydrogen) atoms. The number of halogens is 3. The first kappa shape index (κ1) is 21.3. The molecule has 0 bridgehead atoms. The van der Waals surface area contributed by atoms with Crippen molar-refractivity contribution in [1.29, 1.82) is 0 Å². The lowest BCUT2D eigenvalue weighted by Gasteiger charge is -2.14. The van der Waals surface area contributed by atoms with Crippen molar-refractivity contribution in [3.63, 3.8) is 0 Å². The van der Waals surface area contributed by atoms with Crippen LogP contribution in [0.5, 0.6) is 0 Å². The second-order valence-corrected chi connectivity index (χ2v) is 8.44. The molecule has 0 aliphatic heterocycles. The lowest BCUT2D eigenvalue weighted by Crippen LogP contribution is -2.36. The first-order valence-corrected chi connectivity index (χ1v) is 10.6. The summed E-state index contributed by atoms with van der Waals surface area (Å²) in [6, 6.07) is 9.82. The van der Waals surface area contributed by atoms with Gasteiger partial charge in [-0.2, -0.15) is 13.2 Å². The van der Waals surface area contributed by atoms with Crippen LogP contribution in [0.15, 0.2) is 42.5 Å². The van der Waals surface area contributed by atoms with Gasteiger partial charge in [-0.25, -0.2) is 4.98 Å². The Labute approximate surface area is 180 Å². The zero-order valence-electron chi connectivity index (χ0n) is 16.8. The second-order valence-electron chi connectivity index (χ2n) is 7.26. The minimum Gasteiger partial charge on any atom is -0.394 e. The Bertz CT molecular complexity index is 1260. The maximum Gasteiger partial charge on any atom is 0.416 e. The summed E-state index contributed by atoms with van der Waals surface area (Å²) in [4.78, 5) is 18.0. The molecule has 162 valence electrons. The molecule has 4 aromatic rings. The fourth-order valence-electron chi connectivity index (χ4n) is 3.52. The van der Waals surface area contributed by atoms with Crippen molar-refractivity contribution in [2.24, 2.45) is 0 Å². The van der Waals surface area contributed by atoms with Crippen LogP contribution in [-0.4, -0.2) is 33.2 Å². The monoisotopic (exact) mass is 447 g/mol. The molecule has 0 saturated heterocycles. The van der Waals surface area contributed by atoms with E-state index in [1.807, 2.05) is 18.4 Å². The fourth-order valence-corrected chi connectivity index (χ4v) is 4.48. The summed E-state index contributed by atoms with van der Waals surface area (Å²) in [5, 5.41) is 13.7. The van der Waals surface area contributed by atoms with E-state index in [1.165, 1.54) is 23.5 Å². The fraction of sp³-hybridized carbons (Fsp3) is 0.273.